The van der Waals surface area contributed by atoms with E-state index in [0.717, 1.165) is 37.0 Å². The van der Waals surface area contributed by atoms with Crippen LogP contribution in [0.3, 0.4) is 0 Å². The molecule has 0 N–H and O–H groups in total. The summed E-state index contributed by atoms with van der Waals surface area (Å²) in [6.07, 6.45) is 3.78. The highest BCUT2D eigenvalue weighted by molar-refractivity contribution is 6.30. The van der Waals surface area contributed by atoms with E-state index in [1.807, 2.05) is 18.2 Å². The summed E-state index contributed by atoms with van der Waals surface area (Å²) in [5.74, 6) is 0.879. The number of carbonyl (C=O) groups excluding carboxylic acids is 2. The Morgan fingerprint density at radius 3 is 2.39 bits per heavy atom. The summed E-state index contributed by atoms with van der Waals surface area (Å²) < 4.78 is 10.8. The summed E-state index contributed by atoms with van der Waals surface area (Å²) in [5, 5.41) is 6.59. The molecule has 2 aromatic carbocycles. The third kappa shape index (κ3) is 4.30. The van der Waals surface area contributed by atoms with E-state index in [-0.39, 0.29) is 30.1 Å². The molecule has 0 aromatic heterocycles. The van der Waals surface area contributed by atoms with Crippen LogP contribution in [0, 0.1) is 11.8 Å². The third-order valence-electron chi connectivity index (χ3n) is 6.06. The molecule has 31 heavy (non-hydrogen) atoms. The van der Waals surface area contributed by atoms with Crippen molar-refractivity contribution in [1.82, 2.24) is 5.01 Å². The van der Waals surface area contributed by atoms with Crippen molar-refractivity contribution >= 4 is 29.0 Å². The van der Waals surface area contributed by atoms with Gasteiger partial charge in [0.1, 0.15) is 6.54 Å². The quantitative estimate of drug-likeness (QED) is 0.616. The summed E-state index contributed by atoms with van der Waals surface area (Å²) in [7, 11) is 3.18. The molecule has 1 fully saturated rings. The molecule has 0 spiro atoms. The maximum absolute atomic E-state index is 13.2. The van der Waals surface area contributed by atoms with Gasteiger partial charge in [-0.05, 0) is 55.3 Å². The van der Waals surface area contributed by atoms with E-state index >= 15 is 0 Å². The number of amides is 1. The van der Waals surface area contributed by atoms with Gasteiger partial charge in [-0.25, -0.2) is 5.01 Å². The Bertz CT molecular complexity index is 1020. The Balaban J connectivity index is 1.69. The molecule has 7 heteroatoms. The molecule has 2 atom stereocenters. The molecular weight excluding hydrogens is 416 g/mol. The molecule has 1 aliphatic carbocycles. The van der Waals surface area contributed by atoms with Crippen molar-refractivity contribution in [2.24, 2.45) is 16.9 Å². The molecule has 6 nitrogen and oxygen atoms in total. The van der Waals surface area contributed by atoms with Gasteiger partial charge in [0.05, 0.1) is 19.9 Å². The Labute approximate surface area is 186 Å². The highest BCUT2D eigenvalue weighted by Gasteiger charge is 2.41. The number of fused-ring (bicyclic) bond motifs is 1. The monoisotopic (exact) mass is 440 g/mol. The molecule has 0 bridgehead atoms. The lowest BCUT2D eigenvalue weighted by Gasteiger charge is -2.38. The van der Waals surface area contributed by atoms with E-state index < -0.39 is 0 Å². The molecule has 1 amide bonds. The van der Waals surface area contributed by atoms with Crippen molar-refractivity contribution in [2.45, 2.75) is 25.7 Å². The zero-order valence-electron chi connectivity index (χ0n) is 17.6. The van der Waals surface area contributed by atoms with Gasteiger partial charge in [0.25, 0.3) is 0 Å². The highest BCUT2D eigenvalue weighted by atomic mass is 35.5. The van der Waals surface area contributed by atoms with Crippen molar-refractivity contribution in [3.63, 3.8) is 0 Å². The summed E-state index contributed by atoms with van der Waals surface area (Å²) in [6.45, 7) is -0.0968. The average Bonchev–Trinajstić information content (AvgIpc) is 2.80. The van der Waals surface area contributed by atoms with Gasteiger partial charge in [-0.3, -0.25) is 9.59 Å². The predicted octanol–water partition coefficient (Wildman–Crippen LogP) is 4.59. The molecule has 0 saturated heterocycles. The van der Waals surface area contributed by atoms with E-state index in [1.54, 1.807) is 38.5 Å². The largest absolute Gasteiger partial charge is 0.493 e. The number of hydrazone groups is 1. The van der Waals surface area contributed by atoms with Gasteiger partial charge in [0.2, 0.25) is 5.91 Å². The van der Waals surface area contributed by atoms with Crippen molar-refractivity contribution in [3.8, 4) is 11.5 Å². The van der Waals surface area contributed by atoms with E-state index in [1.165, 1.54) is 5.01 Å². The molecular formula is C24H25ClN2O4. The number of hydrogen-bond acceptors (Lipinski definition) is 5. The van der Waals surface area contributed by atoms with Crippen LogP contribution in [0.4, 0.5) is 0 Å². The summed E-state index contributed by atoms with van der Waals surface area (Å²) >= 11 is 5.92. The van der Waals surface area contributed by atoms with Crippen LogP contribution >= 0.6 is 11.6 Å². The first-order valence-corrected chi connectivity index (χ1v) is 10.8. The molecule has 2 aliphatic rings. The van der Waals surface area contributed by atoms with Gasteiger partial charge in [-0.2, -0.15) is 5.10 Å². The minimum atomic E-state index is -0.172. The Morgan fingerprint density at radius 1 is 1.03 bits per heavy atom. The van der Waals surface area contributed by atoms with E-state index in [0.29, 0.717) is 22.1 Å². The van der Waals surface area contributed by atoms with Crippen molar-refractivity contribution in [3.05, 3.63) is 58.6 Å². The second kappa shape index (κ2) is 9.10. The fraction of sp³-hybridized carbons (Fsp3) is 0.375. The van der Waals surface area contributed by atoms with Gasteiger partial charge in [0, 0.05) is 28.0 Å². The number of nitrogens with zero attached hydrogens (tertiary/aromatic N) is 2. The summed E-state index contributed by atoms with van der Waals surface area (Å²) in [4.78, 5) is 26.0. The summed E-state index contributed by atoms with van der Waals surface area (Å²) in [5.41, 5.74) is 2.21. The first kappa shape index (κ1) is 21.4. The minimum Gasteiger partial charge on any atom is -0.493 e. The SMILES string of the molecule is COc1ccc(C2=NN(CC(=O)c3ccc(Cl)cc3)C(=O)C3CCCCC23)cc1OC. The Kier molecular flexibility index (Phi) is 6.28. The fourth-order valence-corrected chi connectivity index (χ4v) is 4.57. The fourth-order valence-electron chi connectivity index (χ4n) is 4.44. The molecule has 2 unspecified atom stereocenters. The van der Waals surface area contributed by atoms with Crippen molar-refractivity contribution in [1.29, 1.82) is 0 Å². The standard InChI is InChI=1S/C24H25ClN2O4/c1-30-21-12-9-16(13-22(21)31-2)23-18-5-3-4-6-19(18)24(29)27(26-23)14-20(28)15-7-10-17(25)11-8-15/h7-13,18-19H,3-6,14H2,1-2H3. The van der Waals surface area contributed by atoms with Crippen molar-refractivity contribution < 1.29 is 19.1 Å². The average molecular weight is 441 g/mol. The van der Waals surface area contributed by atoms with Crippen LogP contribution in [0.15, 0.2) is 47.6 Å². The molecule has 162 valence electrons. The number of methoxy groups -OCH3 is 2. The van der Waals surface area contributed by atoms with Crippen molar-refractivity contribution in [2.75, 3.05) is 20.8 Å². The van der Waals surface area contributed by atoms with Gasteiger partial charge >= 0.3 is 0 Å². The molecule has 4 rings (SSSR count). The van der Waals surface area contributed by atoms with Crippen LogP contribution in [0.25, 0.3) is 0 Å². The van der Waals surface area contributed by atoms with E-state index in [4.69, 9.17) is 21.1 Å². The maximum atomic E-state index is 13.2. The number of rotatable bonds is 6. The number of Topliss-reactive ketones (excluding diaryl/α,β-unsaturated/α-hetero) is 1. The second-order valence-electron chi connectivity index (χ2n) is 7.88. The zero-order chi connectivity index (χ0) is 22.0. The maximum Gasteiger partial charge on any atom is 0.246 e. The normalized spacial score (nSPS) is 20.7. The number of benzene rings is 2. The second-order valence-corrected chi connectivity index (χ2v) is 8.31. The van der Waals surface area contributed by atoms with Gasteiger partial charge in [-0.15, -0.1) is 0 Å². The predicted molar refractivity (Wildman–Crippen MR) is 119 cm³/mol. The van der Waals surface area contributed by atoms with E-state index in [2.05, 4.69) is 5.10 Å². The van der Waals surface area contributed by atoms with E-state index in [9.17, 15) is 9.59 Å². The molecule has 2 aromatic rings. The molecule has 1 heterocycles. The number of ether oxygens (including phenoxy) is 2. The lowest BCUT2D eigenvalue weighted by molar-refractivity contribution is -0.138. The smallest absolute Gasteiger partial charge is 0.246 e. The van der Waals surface area contributed by atoms with Crippen LogP contribution in [0.1, 0.15) is 41.6 Å². The summed E-state index contributed by atoms with van der Waals surface area (Å²) in [6, 6.07) is 12.3. The van der Waals surface area contributed by atoms with Crippen LogP contribution in [-0.4, -0.2) is 43.2 Å². The molecule has 1 aliphatic heterocycles. The number of ketones is 1. The van der Waals surface area contributed by atoms with Crippen LogP contribution in [0.2, 0.25) is 5.02 Å². The third-order valence-corrected chi connectivity index (χ3v) is 6.31. The molecule has 0 radical (unpaired) electrons. The number of carbonyl (C=O) groups is 2. The molecule has 1 saturated carbocycles. The topological polar surface area (TPSA) is 68.2 Å². The van der Waals surface area contributed by atoms with Crippen LogP contribution in [0.5, 0.6) is 11.5 Å². The van der Waals surface area contributed by atoms with Gasteiger partial charge in [0.15, 0.2) is 17.3 Å². The zero-order valence-corrected chi connectivity index (χ0v) is 18.4. The Hall–Kier alpha value is -2.86. The van der Waals surface area contributed by atoms with Crippen LogP contribution in [-0.2, 0) is 4.79 Å². The van der Waals surface area contributed by atoms with Gasteiger partial charge < -0.3 is 9.47 Å². The van der Waals surface area contributed by atoms with Crippen LogP contribution < -0.4 is 9.47 Å². The minimum absolute atomic E-state index is 0.0428. The number of halogens is 1. The first-order chi connectivity index (χ1) is 15.0. The lowest BCUT2D eigenvalue weighted by Crippen LogP contribution is -2.47. The lowest BCUT2D eigenvalue weighted by atomic mass is 9.73. The Morgan fingerprint density at radius 2 is 1.71 bits per heavy atom. The first-order valence-electron chi connectivity index (χ1n) is 10.4. The highest BCUT2D eigenvalue weighted by Crippen LogP contribution is 2.39. The number of hydrogen-bond donors (Lipinski definition) is 0. The van der Waals surface area contributed by atoms with Gasteiger partial charge in [-0.1, -0.05) is 24.4 Å².